The van der Waals surface area contributed by atoms with E-state index in [-0.39, 0.29) is 11.7 Å². The average molecular weight is 221 g/mol. The Bertz CT molecular complexity index is 554. The number of rotatable bonds is 3. The average Bonchev–Trinajstić information content (AvgIpc) is 2.53. The molecule has 3 N–H and O–H groups in total. The molecule has 1 aromatic heterocycles. The van der Waals surface area contributed by atoms with E-state index in [0.29, 0.717) is 6.54 Å². The second-order valence-electron chi connectivity index (χ2n) is 4.08. The van der Waals surface area contributed by atoms with Crippen LogP contribution in [0.3, 0.4) is 0 Å². The Labute approximate surface area is 92.7 Å². The standard InChI is InChI=1S/C11H15N3O2/c1-7(2)14-10-4-3-8(6-12-16)5-9(10)13-11(14)15/h3-5,7,12,16H,6H2,1-2H3,(H,13,15). The largest absolute Gasteiger partial charge is 0.326 e. The highest BCUT2D eigenvalue weighted by molar-refractivity contribution is 5.76. The number of hydrogen-bond acceptors (Lipinski definition) is 3. The van der Waals surface area contributed by atoms with Crippen LogP contribution in [0.15, 0.2) is 23.0 Å². The van der Waals surface area contributed by atoms with E-state index in [1.54, 1.807) is 4.57 Å². The first-order valence-electron chi connectivity index (χ1n) is 5.23. The molecule has 0 spiro atoms. The molecule has 5 nitrogen and oxygen atoms in total. The molecule has 0 fully saturated rings. The van der Waals surface area contributed by atoms with Gasteiger partial charge in [0.2, 0.25) is 0 Å². The van der Waals surface area contributed by atoms with Gasteiger partial charge in [0.05, 0.1) is 11.0 Å². The van der Waals surface area contributed by atoms with Crippen LogP contribution >= 0.6 is 0 Å². The minimum atomic E-state index is -0.0980. The number of nitrogens with one attached hydrogen (secondary N) is 2. The maximum atomic E-state index is 11.7. The minimum absolute atomic E-state index is 0.0980. The Kier molecular flexibility index (Phi) is 2.80. The van der Waals surface area contributed by atoms with Crippen molar-refractivity contribution in [1.29, 1.82) is 0 Å². The Hall–Kier alpha value is -1.59. The van der Waals surface area contributed by atoms with Gasteiger partial charge in [0.25, 0.3) is 0 Å². The summed E-state index contributed by atoms with van der Waals surface area (Å²) in [5.74, 6) is 0. The summed E-state index contributed by atoms with van der Waals surface area (Å²) in [6.07, 6.45) is 0. The molecule has 0 amide bonds. The molecule has 0 unspecified atom stereocenters. The third-order valence-electron chi connectivity index (χ3n) is 2.58. The SMILES string of the molecule is CC(C)n1c(=O)[nH]c2cc(CNO)ccc21. The molecule has 0 aliphatic rings. The fourth-order valence-corrected chi connectivity index (χ4v) is 1.89. The number of aromatic nitrogens is 2. The molecule has 1 aromatic carbocycles. The number of aromatic amines is 1. The predicted molar refractivity (Wildman–Crippen MR) is 61.6 cm³/mol. The van der Waals surface area contributed by atoms with Crippen molar-refractivity contribution >= 4 is 11.0 Å². The van der Waals surface area contributed by atoms with Gasteiger partial charge in [-0.05, 0) is 31.5 Å². The van der Waals surface area contributed by atoms with Crippen LogP contribution < -0.4 is 11.2 Å². The van der Waals surface area contributed by atoms with Crippen LogP contribution in [0.2, 0.25) is 0 Å². The molecule has 2 aromatic rings. The number of H-pyrrole nitrogens is 1. The quantitative estimate of drug-likeness (QED) is 0.686. The predicted octanol–water partition coefficient (Wildman–Crippen LogP) is 1.39. The second kappa shape index (κ2) is 4.11. The Morgan fingerprint density at radius 2 is 2.25 bits per heavy atom. The van der Waals surface area contributed by atoms with Crippen LogP contribution in [0.25, 0.3) is 11.0 Å². The lowest BCUT2D eigenvalue weighted by Gasteiger charge is -2.07. The van der Waals surface area contributed by atoms with Crippen LogP contribution in [0.1, 0.15) is 25.5 Å². The monoisotopic (exact) mass is 221 g/mol. The number of hydrogen-bond donors (Lipinski definition) is 3. The zero-order valence-electron chi connectivity index (χ0n) is 9.32. The van der Waals surface area contributed by atoms with Gasteiger partial charge in [-0.2, -0.15) is 0 Å². The maximum Gasteiger partial charge on any atom is 0.326 e. The van der Waals surface area contributed by atoms with Crippen LogP contribution in [0, 0.1) is 0 Å². The maximum absolute atomic E-state index is 11.7. The highest BCUT2D eigenvalue weighted by atomic mass is 16.5. The van der Waals surface area contributed by atoms with Crippen molar-refractivity contribution < 1.29 is 5.21 Å². The first kappa shape index (κ1) is 10.9. The summed E-state index contributed by atoms with van der Waals surface area (Å²) in [6, 6.07) is 5.76. The molecule has 16 heavy (non-hydrogen) atoms. The van der Waals surface area contributed by atoms with Gasteiger partial charge < -0.3 is 10.2 Å². The summed E-state index contributed by atoms with van der Waals surface area (Å²) in [5, 5.41) is 8.61. The van der Waals surface area contributed by atoms with Gasteiger partial charge in [-0.3, -0.25) is 4.57 Å². The van der Waals surface area contributed by atoms with E-state index in [9.17, 15) is 4.79 Å². The molecule has 1 heterocycles. The summed E-state index contributed by atoms with van der Waals surface area (Å²) in [5.41, 5.74) is 4.61. The van der Waals surface area contributed by atoms with Gasteiger partial charge in [-0.1, -0.05) is 6.07 Å². The van der Waals surface area contributed by atoms with E-state index in [2.05, 4.69) is 10.5 Å². The molecule has 0 aliphatic carbocycles. The third-order valence-corrected chi connectivity index (χ3v) is 2.58. The van der Waals surface area contributed by atoms with E-state index >= 15 is 0 Å². The Morgan fingerprint density at radius 1 is 1.50 bits per heavy atom. The number of hydroxylamine groups is 1. The van der Waals surface area contributed by atoms with Gasteiger partial charge in [0.15, 0.2) is 0 Å². The zero-order chi connectivity index (χ0) is 11.7. The van der Waals surface area contributed by atoms with Crippen molar-refractivity contribution in [3.05, 3.63) is 34.2 Å². The summed E-state index contributed by atoms with van der Waals surface area (Å²) >= 11 is 0. The molecule has 0 saturated carbocycles. The Balaban J connectivity index is 2.61. The summed E-state index contributed by atoms with van der Waals surface area (Å²) in [4.78, 5) is 14.5. The van der Waals surface area contributed by atoms with Gasteiger partial charge >= 0.3 is 5.69 Å². The lowest BCUT2D eigenvalue weighted by molar-refractivity contribution is 0.161. The van der Waals surface area contributed by atoms with E-state index < -0.39 is 0 Å². The molecule has 0 bridgehead atoms. The van der Waals surface area contributed by atoms with Crippen molar-refractivity contribution in [2.24, 2.45) is 0 Å². The van der Waals surface area contributed by atoms with E-state index in [4.69, 9.17) is 5.21 Å². The highest BCUT2D eigenvalue weighted by Crippen LogP contribution is 2.16. The molecule has 0 radical (unpaired) electrons. The highest BCUT2D eigenvalue weighted by Gasteiger charge is 2.09. The molecule has 86 valence electrons. The van der Waals surface area contributed by atoms with Gasteiger partial charge in [-0.15, -0.1) is 0 Å². The van der Waals surface area contributed by atoms with E-state index in [0.717, 1.165) is 16.6 Å². The number of imidazole rings is 1. The van der Waals surface area contributed by atoms with Crippen LogP contribution in [0.5, 0.6) is 0 Å². The number of benzene rings is 1. The summed E-state index contributed by atoms with van der Waals surface area (Å²) in [6.45, 7) is 4.31. The second-order valence-corrected chi connectivity index (χ2v) is 4.08. The van der Waals surface area contributed by atoms with Crippen molar-refractivity contribution in [1.82, 2.24) is 15.0 Å². The normalized spacial score (nSPS) is 11.5. The zero-order valence-corrected chi connectivity index (χ0v) is 9.32. The van der Waals surface area contributed by atoms with E-state index in [1.165, 1.54) is 0 Å². The molecular weight excluding hydrogens is 206 g/mol. The summed E-state index contributed by atoms with van der Waals surface area (Å²) in [7, 11) is 0. The fraction of sp³-hybridized carbons (Fsp3) is 0.364. The van der Waals surface area contributed by atoms with Crippen molar-refractivity contribution in [3.8, 4) is 0 Å². The lowest BCUT2D eigenvalue weighted by Crippen LogP contribution is -2.18. The molecule has 2 rings (SSSR count). The molecule has 0 aliphatic heterocycles. The smallest absolute Gasteiger partial charge is 0.316 e. The van der Waals surface area contributed by atoms with Crippen molar-refractivity contribution in [2.75, 3.05) is 0 Å². The van der Waals surface area contributed by atoms with E-state index in [1.807, 2.05) is 32.0 Å². The molecule has 0 atom stereocenters. The first-order valence-corrected chi connectivity index (χ1v) is 5.23. The van der Waals surface area contributed by atoms with Crippen molar-refractivity contribution in [2.45, 2.75) is 26.4 Å². The third kappa shape index (κ3) is 1.75. The lowest BCUT2D eigenvalue weighted by atomic mass is 10.2. The molecule has 5 heteroatoms. The van der Waals surface area contributed by atoms with Crippen LogP contribution in [-0.2, 0) is 6.54 Å². The van der Waals surface area contributed by atoms with Gasteiger partial charge in [0, 0.05) is 12.6 Å². The number of fused-ring (bicyclic) bond motifs is 1. The van der Waals surface area contributed by atoms with Crippen LogP contribution in [-0.4, -0.2) is 14.8 Å². The van der Waals surface area contributed by atoms with Gasteiger partial charge in [-0.25, -0.2) is 10.3 Å². The van der Waals surface area contributed by atoms with Crippen molar-refractivity contribution in [3.63, 3.8) is 0 Å². The minimum Gasteiger partial charge on any atom is -0.316 e. The first-order chi connectivity index (χ1) is 7.63. The van der Waals surface area contributed by atoms with Gasteiger partial charge in [0.1, 0.15) is 0 Å². The van der Waals surface area contributed by atoms with Crippen LogP contribution in [0.4, 0.5) is 0 Å². The number of nitrogens with zero attached hydrogens (tertiary/aromatic N) is 1. The Morgan fingerprint density at radius 3 is 2.88 bits per heavy atom. The molecule has 0 saturated heterocycles. The molecular formula is C11H15N3O2. The fourth-order valence-electron chi connectivity index (χ4n) is 1.89. The topological polar surface area (TPSA) is 70.0 Å². The summed E-state index contributed by atoms with van der Waals surface area (Å²) < 4.78 is 1.71.